The van der Waals surface area contributed by atoms with Crippen molar-refractivity contribution in [3.63, 3.8) is 0 Å². The van der Waals surface area contributed by atoms with Gasteiger partial charge in [-0.2, -0.15) is 0 Å². The second kappa shape index (κ2) is 7.24. The Hall–Kier alpha value is -0.620. The van der Waals surface area contributed by atoms with Gasteiger partial charge in [0.1, 0.15) is 0 Å². The molecule has 1 atom stereocenters. The number of carbonyl (C=O) groups is 1. The molecule has 1 aliphatic heterocycles. The van der Waals surface area contributed by atoms with Crippen LogP contribution in [0.2, 0.25) is 0 Å². The first-order valence-corrected chi connectivity index (χ1v) is 8.79. The average Bonchev–Trinajstić information content (AvgIpc) is 2.38. The molecule has 1 saturated heterocycles. The molecular formula is C13H26N2O3S. The third-order valence-corrected chi connectivity index (χ3v) is 5.76. The van der Waals surface area contributed by atoms with Crippen molar-refractivity contribution < 1.29 is 13.2 Å². The van der Waals surface area contributed by atoms with Crippen molar-refractivity contribution in [2.24, 2.45) is 5.92 Å². The standard InChI is InChI=1S/C13H26N2O3S/c1-4-10-19(17,18)15-8-6-12(7-9-15)13(16)14-11(3)5-2/h11-12H,4-10H2,1-3H3,(H,14,16)/t11-/m1/s1. The van der Waals surface area contributed by atoms with Gasteiger partial charge in [0.15, 0.2) is 0 Å². The number of nitrogens with zero attached hydrogens (tertiary/aromatic N) is 1. The summed E-state index contributed by atoms with van der Waals surface area (Å²) in [6.45, 7) is 6.83. The Bertz CT molecular complexity index is 387. The van der Waals surface area contributed by atoms with Gasteiger partial charge in [0.2, 0.25) is 15.9 Å². The highest BCUT2D eigenvalue weighted by molar-refractivity contribution is 7.89. The van der Waals surface area contributed by atoms with E-state index >= 15 is 0 Å². The largest absolute Gasteiger partial charge is 0.353 e. The molecule has 1 fully saturated rings. The van der Waals surface area contributed by atoms with E-state index in [0.717, 1.165) is 6.42 Å². The van der Waals surface area contributed by atoms with Crippen molar-refractivity contribution in [3.05, 3.63) is 0 Å². The van der Waals surface area contributed by atoms with E-state index in [0.29, 0.717) is 32.4 Å². The van der Waals surface area contributed by atoms with Gasteiger partial charge in [0.05, 0.1) is 5.75 Å². The van der Waals surface area contributed by atoms with Crippen molar-refractivity contribution in [1.82, 2.24) is 9.62 Å². The first kappa shape index (κ1) is 16.4. The van der Waals surface area contributed by atoms with Crippen molar-refractivity contribution in [2.45, 2.75) is 52.5 Å². The highest BCUT2D eigenvalue weighted by Gasteiger charge is 2.30. The maximum atomic E-state index is 12.0. The number of amides is 1. The summed E-state index contributed by atoms with van der Waals surface area (Å²) < 4.78 is 25.4. The molecule has 1 rings (SSSR count). The van der Waals surface area contributed by atoms with Crippen molar-refractivity contribution in [1.29, 1.82) is 0 Å². The molecule has 5 nitrogen and oxygen atoms in total. The Labute approximate surface area is 116 Å². The molecule has 0 aromatic heterocycles. The molecule has 0 radical (unpaired) electrons. The van der Waals surface area contributed by atoms with E-state index in [1.54, 1.807) is 0 Å². The van der Waals surface area contributed by atoms with Gasteiger partial charge in [-0.25, -0.2) is 12.7 Å². The van der Waals surface area contributed by atoms with Gasteiger partial charge >= 0.3 is 0 Å². The Morgan fingerprint density at radius 3 is 2.37 bits per heavy atom. The lowest BCUT2D eigenvalue weighted by Crippen LogP contribution is -2.45. The molecule has 1 aliphatic rings. The molecule has 0 aromatic rings. The lowest BCUT2D eigenvalue weighted by molar-refractivity contribution is -0.126. The molecule has 1 amide bonds. The second-order valence-electron chi connectivity index (χ2n) is 5.31. The highest BCUT2D eigenvalue weighted by atomic mass is 32.2. The highest BCUT2D eigenvalue weighted by Crippen LogP contribution is 2.20. The van der Waals surface area contributed by atoms with Gasteiger partial charge in [-0.3, -0.25) is 4.79 Å². The van der Waals surface area contributed by atoms with Crippen LogP contribution < -0.4 is 5.32 Å². The normalized spacial score (nSPS) is 20.2. The SMILES string of the molecule is CCCS(=O)(=O)N1CCC(C(=O)N[C@H](C)CC)CC1. The fraction of sp³-hybridized carbons (Fsp3) is 0.923. The van der Waals surface area contributed by atoms with E-state index in [4.69, 9.17) is 0 Å². The number of piperidine rings is 1. The van der Waals surface area contributed by atoms with E-state index in [1.807, 2.05) is 20.8 Å². The Balaban J connectivity index is 2.47. The van der Waals surface area contributed by atoms with Gasteiger partial charge in [-0.1, -0.05) is 13.8 Å². The maximum Gasteiger partial charge on any atom is 0.223 e. The van der Waals surface area contributed by atoms with Gasteiger partial charge in [-0.15, -0.1) is 0 Å². The number of nitrogens with one attached hydrogen (secondary N) is 1. The average molecular weight is 290 g/mol. The predicted octanol–water partition coefficient (Wildman–Crippen LogP) is 1.35. The van der Waals surface area contributed by atoms with Crippen LogP contribution in [0.4, 0.5) is 0 Å². The van der Waals surface area contributed by atoms with E-state index < -0.39 is 10.0 Å². The minimum atomic E-state index is -3.11. The molecule has 6 heteroatoms. The number of sulfonamides is 1. The quantitative estimate of drug-likeness (QED) is 0.803. The van der Waals surface area contributed by atoms with Crippen LogP contribution in [0.15, 0.2) is 0 Å². The van der Waals surface area contributed by atoms with Crippen LogP contribution in [0.1, 0.15) is 46.5 Å². The van der Waals surface area contributed by atoms with Crippen LogP contribution in [0, 0.1) is 5.92 Å². The van der Waals surface area contributed by atoms with Crippen LogP contribution in [-0.2, 0) is 14.8 Å². The third kappa shape index (κ3) is 4.76. The molecule has 1 N–H and O–H groups in total. The van der Waals surface area contributed by atoms with Gasteiger partial charge in [0.25, 0.3) is 0 Å². The van der Waals surface area contributed by atoms with Crippen LogP contribution in [0.5, 0.6) is 0 Å². The summed E-state index contributed by atoms with van der Waals surface area (Å²) in [5, 5.41) is 2.97. The molecule has 0 spiro atoms. The molecular weight excluding hydrogens is 264 g/mol. The Kier molecular flexibility index (Phi) is 6.26. The minimum Gasteiger partial charge on any atom is -0.353 e. The zero-order chi connectivity index (χ0) is 14.5. The van der Waals surface area contributed by atoms with Crippen LogP contribution in [-0.4, -0.2) is 43.5 Å². The Morgan fingerprint density at radius 1 is 1.32 bits per heavy atom. The first-order valence-electron chi connectivity index (χ1n) is 7.18. The molecule has 1 heterocycles. The monoisotopic (exact) mass is 290 g/mol. The van der Waals surface area contributed by atoms with E-state index in [-0.39, 0.29) is 23.6 Å². The van der Waals surface area contributed by atoms with Gasteiger partial charge in [-0.05, 0) is 32.6 Å². The van der Waals surface area contributed by atoms with E-state index in [1.165, 1.54) is 4.31 Å². The summed E-state index contributed by atoms with van der Waals surface area (Å²) in [6.07, 6.45) is 2.81. The Morgan fingerprint density at radius 2 is 1.89 bits per heavy atom. The van der Waals surface area contributed by atoms with Crippen LogP contribution >= 0.6 is 0 Å². The summed E-state index contributed by atoms with van der Waals surface area (Å²) in [6, 6.07) is 0.189. The summed E-state index contributed by atoms with van der Waals surface area (Å²) in [4.78, 5) is 12.0. The molecule has 19 heavy (non-hydrogen) atoms. The molecule has 0 bridgehead atoms. The number of hydrogen-bond acceptors (Lipinski definition) is 3. The van der Waals surface area contributed by atoms with E-state index in [9.17, 15) is 13.2 Å². The molecule has 0 aliphatic carbocycles. The summed E-state index contributed by atoms with van der Waals surface area (Å²) in [5.41, 5.74) is 0. The molecule has 0 aromatic carbocycles. The maximum absolute atomic E-state index is 12.0. The van der Waals surface area contributed by atoms with E-state index in [2.05, 4.69) is 5.32 Å². The lowest BCUT2D eigenvalue weighted by atomic mass is 9.97. The fourth-order valence-corrected chi connectivity index (χ4v) is 3.79. The minimum absolute atomic E-state index is 0.0397. The summed E-state index contributed by atoms with van der Waals surface area (Å²) in [5.74, 6) is 0.237. The van der Waals surface area contributed by atoms with Crippen molar-refractivity contribution in [3.8, 4) is 0 Å². The van der Waals surface area contributed by atoms with Crippen LogP contribution in [0.3, 0.4) is 0 Å². The molecule has 0 saturated carbocycles. The fourth-order valence-electron chi connectivity index (χ4n) is 2.25. The lowest BCUT2D eigenvalue weighted by Gasteiger charge is -2.31. The topological polar surface area (TPSA) is 66.5 Å². The number of carbonyl (C=O) groups excluding carboxylic acids is 1. The van der Waals surface area contributed by atoms with Gasteiger partial charge in [0, 0.05) is 25.0 Å². The van der Waals surface area contributed by atoms with Crippen LogP contribution in [0.25, 0.3) is 0 Å². The van der Waals surface area contributed by atoms with Crippen molar-refractivity contribution >= 4 is 15.9 Å². The summed E-state index contributed by atoms with van der Waals surface area (Å²) >= 11 is 0. The van der Waals surface area contributed by atoms with Gasteiger partial charge < -0.3 is 5.32 Å². The zero-order valence-corrected chi connectivity index (χ0v) is 13.0. The molecule has 0 unspecified atom stereocenters. The smallest absolute Gasteiger partial charge is 0.223 e. The second-order valence-corrected chi connectivity index (χ2v) is 7.40. The third-order valence-electron chi connectivity index (χ3n) is 3.68. The zero-order valence-electron chi connectivity index (χ0n) is 12.2. The number of hydrogen-bond donors (Lipinski definition) is 1. The number of rotatable bonds is 6. The predicted molar refractivity (Wildman–Crippen MR) is 76.3 cm³/mol. The first-order chi connectivity index (χ1) is 8.90. The van der Waals surface area contributed by atoms with Crippen molar-refractivity contribution in [2.75, 3.05) is 18.8 Å². The summed E-state index contributed by atoms with van der Waals surface area (Å²) in [7, 11) is -3.11. The molecule has 112 valence electrons.